The molecule has 3 aromatic rings. The summed E-state index contributed by atoms with van der Waals surface area (Å²) in [4.78, 5) is 3.53. The Morgan fingerprint density at radius 3 is 1.70 bits per heavy atom. The van der Waals surface area contributed by atoms with Gasteiger partial charge in [0.2, 0.25) is 0 Å². The van der Waals surface area contributed by atoms with Crippen LogP contribution in [0.1, 0.15) is 102 Å². The topological polar surface area (TPSA) is 15.8 Å². The van der Waals surface area contributed by atoms with Gasteiger partial charge in [-0.25, -0.2) is 0 Å². The van der Waals surface area contributed by atoms with Crippen molar-refractivity contribution in [2.24, 2.45) is 0 Å². The number of aromatic nitrogens is 1. The molecule has 164 valence electrons. The molecule has 0 aliphatic rings. The van der Waals surface area contributed by atoms with Gasteiger partial charge in [-0.2, -0.15) is 0 Å². The Morgan fingerprint density at radius 1 is 0.600 bits per heavy atom. The van der Waals surface area contributed by atoms with E-state index in [0.717, 1.165) is 4.47 Å². The molecule has 0 saturated heterocycles. The van der Waals surface area contributed by atoms with Gasteiger partial charge in [-0.1, -0.05) is 112 Å². The van der Waals surface area contributed by atoms with Crippen LogP contribution in [0.3, 0.4) is 0 Å². The van der Waals surface area contributed by atoms with Crippen LogP contribution in [-0.2, 0) is 6.42 Å². The zero-order chi connectivity index (χ0) is 21.0. The van der Waals surface area contributed by atoms with Crippen LogP contribution >= 0.6 is 15.9 Å². The fourth-order valence-electron chi connectivity index (χ4n) is 4.60. The minimum absolute atomic E-state index is 1.15. The van der Waals surface area contributed by atoms with E-state index in [1.807, 2.05) is 0 Å². The molecule has 0 unspecified atom stereocenters. The number of H-pyrrole nitrogens is 1. The van der Waals surface area contributed by atoms with Gasteiger partial charge in [0.25, 0.3) is 0 Å². The predicted octanol–water partition coefficient (Wildman–Crippen LogP) is 10.1. The van der Waals surface area contributed by atoms with E-state index >= 15 is 0 Å². The monoisotopic (exact) mass is 469 g/mol. The quantitative estimate of drug-likeness (QED) is 0.213. The lowest BCUT2D eigenvalue weighted by Crippen LogP contribution is -1.87. The molecule has 0 amide bonds. The highest BCUT2D eigenvalue weighted by atomic mass is 79.9. The van der Waals surface area contributed by atoms with Crippen molar-refractivity contribution < 1.29 is 0 Å². The molecule has 0 fully saturated rings. The fraction of sp³-hybridized carbons (Fsp3) is 0.571. The number of rotatable bonds is 15. The van der Waals surface area contributed by atoms with E-state index in [4.69, 9.17) is 0 Å². The van der Waals surface area contributed by atoms with Crippen LogP contribution in [0.25, 0.3) is 21.8 Å². The van der Waals surface area contributed by atoms with Crippen LogP contribution in [0, 0.1) is 0 Å². The number of halogens is 1. The molecule has 1 N–H and O–H groups in total. The summed E-state index contributed by atoms with van der Waals surface area (Å²) >= 11 is 3.61. The summed E-state index contributed by atoms with van der Waals surface area (Å²) in [5, 5.41) is 2.68. The van der Waals surface area contributed by atoms with Gasteiger partial charge >= 0.3 is 0 Å². The van der Waals surface area contributed by atoms with Crippen molar-refractivity contribution in [3.63, 3.8) is 0 Å². The molecule has 2 aromatic carbocycles. The van der Waals surface area contributed by atoms with Gasteiger partial charge in [0.1, 0.15) is 0 Å². The number of aryl methyl sites for hydroxylation is 1. The molecule has 1 heterocycles. The molecule has 1 nitrogen and oxygen atoms in total. The van der Waals surface area contributed by atoms with Crippen LogP contribution in [0.4, 0.5) is 0 Å². The van der Waals surface area contributed by atoms with E-state index in [9.17, 15) is 0 Å². The number of fused-ring (bicyclic) bond motifs is 3. The second kappa shape index (κ2) is 13.2. The third kappa shape index (κ3) is 7.45. The lowest BCUT2D eigenvalue weighted by Gasteiger charge is -2.04. The minimum atomic E-state index is 1.15. The summed E-state index contributed by atoms with van der Waals surface area (Å²) in [5.74, 6) is 0. The molecule has 0 aliphatic carbocycles. The number of hydrogen-bond donors (Lipinski definition) is 1. The summed E-state index contributed by atoms with van der Waals surface area (Å²) in [5.41, 5.74) is 3.94. The van der Waals surface area contributed by atoms with E-state index in [1.165, 1.54) is 124 Å². The average molecular weight is 471 g/mol. The van der Waals surface area contributed by atoms with Crippen molar-refractivity contribution >= 4 is 37.7 Å². The third-order valence-corrected chi connectivity index (χ3v) is 6.94. The Hall–Kier alpha value is -1.28. The van der Waals surface area contributed by atoms with Crippen LogP contribution in [0.15, 0.2) is 40.9 Å². The van der Waals surface area contributed by atoms with E-state index in [1.54, 1.807) is 0 Å². The molecule has 0 spiro atoms. The minimum Gasteiger partial charge on any atom is -0.355 e. The summed E-state index contributed by atoms with van der Waals surface area (Å²) in [7, 11) is 0. The maximum atomic E-state index is 3.61. The van der Waals surface area contributed by atoms with Gasteiger partial charge in [0.15, 0.2) is 0 Å². The molecule has 0 atom stereocenters. The summed E-state index contributed by atoms with van der Waals surface area (Å²) in [6.45, 7) is 2.29. The largest absolute Gasteiger partial charge is 0.355 e. The average Bonchev–Trinajstić information content (AvgIpc) is 3.11. The van der Waals surface area contributed by atoms with E-state index in [-0.39, 0.29) is 0 Å². The van der Waals surface area contributed by atoms with E-state index in [0.29, 0.717) is 0 Å². The molecule has 2 heteroatoms. The normalized spacial score (nSPS) is 11.7. The third-order valence-electron chi connectivity index (χ3n) is 6.44. The van der Waals surface area contributed by atoms with Crippen molar-refractivity contribution in [1.29, 1.82) is 0 Å². The van der Waals surface area contributed by atoms with Crippen molar-refractivity contribution in [2.45, 2.75) is 103 Å². The highest BCUT2D eigenvalue weighted by molar-refractivity contribution is 9.10. The van der Waals surface area contributed by atoms with Crippen molar-refractivity contribution in [2.75, 3.05) is 0 Å². The zero-order valence-corrected chi connectivity index (χ0v) is 20.5. The number of hydrogen-bond acceptors (Lipinski definition) is 0. The second-order valence-corrected chi connectivity index (χ2v) is 9.96. The van der Waals surface area contributed by atoms with E-state index in [2.05, 4.69) is 64.2 Å². The zero-order valence-electron chi connectivity index (χ0n) is 18.9. The number of unbranched alkanes of at least 4 members (excludes halogenated alkanes) is 13. The number of aromatic amines is 1. The molecule has 0 bridgehead atoms. The summed E-state index contributed by atoms with van der Waals surface area (Å²) < 4.78 is 1.15. The maximum absolute atomic E-state index is 3.61. The first-order valence-corrected chi connectivity index (χ1v) is 13.3. The van der Waals surface area contributed by atoms with Crippen molar-refractivity contribution in [3.05, 3.63) is 46.4 Å². The first-order chi connectivity index (χ1) is 14.8. The highest BCUT2D eigenvalue weighted by Crippen LogP contribution is 2.29. The molecule has 0 saturated carbocycles. The molecule has 0 radical (unpaired) electrons. The Kier molecular flexibility index (Phi) is 10.3. The molecule has 1 aromatic heterocycles. The number of benzene rings is 2. The van der Waals surface area contributed by atoms with Gasteiger partial charge in [0.05, 0.1) is 0 Å². The van der Waals surface area contributed by atoms with Crippen LogP contribution in [0.2, 0.25) is 0 Å². The fourth-order valence-corrected chi connectivity index (χ4v) is 4.96. The lowest BCUT2D eigenvalue weighted by molar-refractivity contribution is 0.535. The number of nitrogens with one attached hydrogen (secondary N) is 1. The van der Waals surface area contributed by atoms with Crippen LogP contribution < -0.4 is 0 Å². The SMILES string of the molecule is CCCCCCCCCCCCCCCCc1ccc2[nH]c3ccc(Br)cc3c2c1. The predicted molar refractivity (Wildman–Crippen MR) is 138 cm³/mol. The molecule has 3 rings (SSSR count). The second-order valence-electron chi connectivity index (χ2n) is 9.04. The van der Waals surface area contributed by atoms with Crippen LogP contribution in [0.5, 0.6) is 0 Å². The first-order valence-electron chi connectivity index (χ1n) is 12.5. The molecule has 0 aliphatic heterocycles. The Labute approximate surface area is 192 Å². The van der Waals surface area contributed by atoms with Gasteiger partial charge < -0.3 is 4.98 Å². The highest BCUT2D eigenvalue weighted by Gasteiger charge is 2.06. The Bertz CT molecular complexity index is 879. The first kappa shape index (κ1) is 23.4. The van der Waals surface area contributed by atoms with Gasteiger partial charge in [-0.05, 0) is 48.7 Å². The Morgan fingerprint density at radius 2 is 1.10 bits per heavy atom. The van der Waals surface area contributed by atoms with Gasteiger partial charge in [0, 0.05) is 26.3 Å². The van der Waals surface area contributed by atoms with Gasteiger partial charge in [-0.3, -0.25) is 0 Å². The summed E-state index contributed by atoms with van der Waals surface area (Å²) in [6, 6.07) is 13.4. The Balaban J connectivity index is 1.26. The van der Waals surface area contributed by atoms with Crippen molar-refractivity contribution in [3.8, 4) is 0 Å². The van der Waals surface area contributed by atoms with Crippen LogP contribution in [-0.4, -0.2) is 4.98 Å². The van der Waals surface area contributed by atoms with Gasteiger partial charge in [-0.15, -0.1) is 0 Å². The van der Waals surface area contributed by atoms with Crippen molar-refractivity contribution in [1.82, 2.24) is 4.98 Å². The maximum Gasteiger partial charge on any atom is 0.0465 e. The smallest absolute Gasteiger partial charge is 0.0465 e. The van der Waals surface area contributed by atoms with E-state index < -0.39 is 0 Å². The molecule has 30 heavy (non-hydrogen) atoms. The lowest BCUT2D eigenvalue weighted by atomic mass is 10.0. The standard InChI is InChI=1S/C28H40BrN/c1-2-3-4-5-6-7-8-9-10-11-12-13-14-15-16-23-17-19-27-25(21-23)26-22-24(29)18-20-28(26)30-27/h17-22,30H,2-16H2,1H3. The molecular weight excluding hydrogens is 430 g/mol. The molecular formula is C28H40BrN. The summed E-state index contributed by atoms with van der Waals surface area (Å²) in [6.07, 6.45) is 21.1.